The Morgan fingerprint density at radius 2 is 1.80 bits per heavy atom. The van der Waals surface area contributed by atoms with E-state index in [2.05, 4.69) is 29.6 Å². The Labute approximate surface area is 149 Å². The van der Waals surface area contributed by atoms with Gasteiger partial charge in [-0.2, -0.15) is 0 Å². The van der Waals surface area contributed by atoms with Crippen molar-refractivity contribution in [3.8, 4) is 16.9 Å². The normalized spacial score (nSPS) is 12.2. The molecule has 0 heterocycles. The molecule has 4 heteroatoms. The molecule has 0 fully saturated rings. The van der Waals surface area contributed by atoms with Crippen LogP contribution in [0.3, 0.4) is 0 Å². The van der Waals surface area contributed by atoms with E-state index >= 15 is 0 Å². The summed E-state index contributed by atoms with van der Waals surface area (Å²) >= 11 is 0. The van der Waals surface area contributed by atoms with Gasteiger partial charge in [0.25, 0.3) is 0 Å². The predicted molar refractivity (Wildman–Crippen MR) is 101 cm³/mol. The molecule has 25 heavy (non-hydrogen) atoms. The van der Waals surface area contributed by atoms with Gasteiger partial charge in [-0.1, -0.05) is 56.3 Å². The van der Waals surface area contributed by atoms with E-state index < -0.39 is 5.97 Å². The summed E-state index contributed by atoms with van der Waals surface area (Å²) in [6, 6.07) is 16.2. The number of aliphatic carboxylic acids is 1. The highest BCUT2D eigenvalue weighted by Crippen LogP contribution is 2.29. The molecule has 1 atom stereocenters. The van der Waals surface area contributed by atoms with E-state index in [4.69, 9.17) is 4.74 Å². The second-order valence-electron chi connectivity index (χ2n) is 6.69. The fourth-order valence-electron chi connectivity index (χ4n) is 2.92. The Hall–Kier alpha value is -2.33. The van der Waals surface area contributed by atoms with Gasteiger partial charge in [-0.3, -0.25) is 4.79 Å². The predicted octanol–water partition coefficient (Wildman–Crippen LogP) is 4.20. The van der Waals surface area contributed by atoms with E-state index in [1.807, 2.05) is 38.1 Å². The molecule has 0 saturated heterocycles. The van der Waals surface area contributed by atoms with Crippen molar-refractivity contribution in [3.63, 3.8) is 0 Å². The number of ether oxygens (including phenoxy) is 1. The Morgan fingerprint density at radius 1 is 1.12 bits per heavy atom. The monoisotopic (exact) mass is 341 g/mol. The van der Waals surface area contributed by atoms with E-state index in [0.29, 0.717) is 25.4 Å². The SMILES string of the molecule is COc1ccccc1-c1ccc(CNCC(CC(C)C)C(=O)O)cc1. The van der Waals surface area contributed by atoms with Crippen molar-refractivity contribution in [2.75, 3.05) is 13.7 Å². The molecule has 2 rings (SSSR count). The van der Waals surface area contributed by atoms with Crippen LogP contribution >= 0.6 is 0 Å². The molecule has 2 aromatic carbocycles. The molecule has 134 valence electrons. The van der Waals surface area contributed by atoms with Crippen LogP contribution in [0.4, 0.5) is 0 Å². The molecule has 0 aromatic heterocycles. The highest BCUT2D eigenvalue weighted by atomic mass is 16.5. The maximum atomic E-state index is 11.3. The average Bonchev–Trinajstić information content (AvgIpc) is 2.61. The quantitative estimate of drug-likeness (QED) is 0.718. The standard InChI is InChI=1S/C21H27NO3/c1-15(2)12-18(21(23)24)14-22-13-16-8-10-17(11-9-16)19-6-4-5-7-20(19)25-3/h4-11,15,18,22H,12-14H2,1-3H3,(H,23,24). The van der Waals surface area contributed by atoms with E-state index in [-0.39, 0.29) is 5.92 Å². The Morgan fingerprint density at radius 3 is 2.40 bits per heavy atom. The number of rotatable bonds is 9. The van der Waals surface area contributed by atoms with Crippen LogP contribution in [0.15, 0.2) is 48.5 Å². The number of hydrogen-bond acceptors (Lipinski definition) is 3. The van der Waals surface area contributed by atoms with Crippen molar-refractivity contribution in [2.45, 2.75) is 26.8 Å². The molecule has 0 bridgehead atoms. The van der Waals surface area contributed by atoms with Gasteiger partial charge in [0.05, 0.1) is 13.0 Å². The third-order valence-electron chi connectivity index (χ3n) is 4.20. The largest absolute Gasteiger partial charge is 0.496 e. The molecule has 2 N–H and O–H groups in total. The van der Waals surface area contributed by atoms with Crippen molar-refractivity contribution < 1.29 is 14.6 Å². The summed E-state index contributed by atoms with van der Waals surface area (Å²) in [7, 11) is 1.67. The maximum absolute atomic E-state index is 11.3. The van der Waals surface area contributed by atoms with Crippen LogP contribution in [0.1, 0.15) is 25.8 Å². The number of nitrogens with one attached hydrogen (secondary N) is 1. The molecule has 0 saturated carbocycles. The fourth-order valence-corrected chi connectivity index (χ4v) is 2.92. The molecule has 0 amide bonds. The second-order valence-corrected chi connectivity index (χ2v) is 6.69. The lowest BCUT2D eigenvalue weighted by molar-refractivity contribution is -0.142. The summed E-state index contributed by atoms with van der Waals surface area (Å²) in [5, 5.41) is 12.5. The zero-order chi connectivity index (χ0) is 18.2. The summed E-state index contributed by atoms with van der Waals surface area (Å²) in [4.78, 5) is 11.3. The van der Waals surface area contributed by atoms with E-state index in [1.54, 1.807) is 7.11 Å². The van der Waals surface area contributed by atoms with Crippen LogP contribution in [0, 0.1) is 11.8 Å². The minimum absolute atomic E-state index is 0.340. The Balaban J connectivity index is 1.95. The lowest BCUT2D eigenvalue weighted by atomic mass is 9.97. The minimum Gasteiger partial charge on any atom is -0.496 e. The number of para-hydroxylation sites is 1. The first-order valence-electron chi connectivity index (χ1n) is 8.67. The summed E-state index contributed by atoms with van der Waals surface area (Å²) < 4.78 is 5.41. The van der Waals surface area contributed by atoms with E-state index in [0.717, 1.165) is 22.4 Å². The smallest absolute Gasteiger partial charge is 0.307 e. The second kappa shape index (κ2) is 9.23. The first-order valence-corrected chi connectivity index (χ1v) is 8.67. The van der Waals surface area contributed by atoms with E-state index in [1.165, 1.54) is 0 Å². The van der Waals surface area contributed by atoms with Crippen molar-refractivity contribution in [2.24, 2.45) is 11.8 Å². The van der Waals surface area contributed by atoms with Gasteiger partial charge >= 0.3 is 5.97 Å². The third kappa shape index (κ3) is 5.61. The number of methoxy groups -OCH3 is 1. The first kappa shape index (κ1) is 19.0. The zero-order valence-electron chi connectivity index (χ0n) is 15.2. The molecule has 0 aliphatic heterocycles. The van der Waals surface area contributed by atoms with Crippen molar-refractivity contribution >= 4 is 5.97 Å². The van der Waals surface area contributed by atoms with Crippen molar-refractivity contribution in [1.29, 1.82) is 0 Å². The van der Waals surface area contributed by atoms with E-state index in [9.17, 15) is 9.90 Å². The fraction of sp³-hybridized carbons (Fsp3) is 0.381. The third-order valence-corrected chi connectivity index (χ3v) is 4.20. The summed E-state index contributed by atoms with van der Waals surface area (Å²) in [6.45, 7) is 5.24. The molecule has 0 radical (unpaired) electrons. The first-order chi connectivity index (χ1) is 12.0. The van der Waals surface area contributed by atoms with Gasteiger partial charge in [0.2, 0.25) is 0 Å². The van der Waals surface area contributed by atoms with Gasteiger partial charge in [0, 0.05) is 18.7 Å². The summed E-state index contributed by atoms with van der Waals surface area (Å²) in [5.41, 5.74) is 3.30. The summed E-state index contributed by atoms with van der Waals surface area (Å²) in [6.07, 6.45) is 0.690. The number of carboxylic acids is 1. The molecule has 0 aliphatic carbocycles. The lowest BCUT2D eigenvalue weighted by Gasteiger charge is -2.15. The van der Waals surface area contributed by atoms with Crippen LogP contribution in [-0.2, 0) is 11.3 Å². The van der Waals surface area contributed by atoms with Gasteiger partial charge in [-0.05, 0) is 29.5 Å². The van der Waals surface area contributed by atoms with Gasteiger partial charge in [-0.25, -0.2) is 0 Å². The molecule has 2 aromatic rings. The molecule has 1 unspecified atom stereocenters. The zero-order valence-corrected chi connectivity index (χ0v) is 15.2. The van der Waals surface area contributed by atoms with Crippen molar-refractivity contribution in [3.05, 3.63) is 54.1 Å². The molecular formula is C21H27NO3. The van der Waals surface area contributed by atoms with Gasteiger partial charge in [0.15, 0.2) is 0 Å². The maximum Gasteiger partial charge on any atom is 0.307 e. The average molecular weight is 341 g/mol. The Kier molecular flexibility index (Phi) is 7.02. The van der Waals surface area contributed by atoms with Gasteiger partial charge in [0.1, 0.15) is 5.75 Å². The molecular weight excluding hydrogens is 314 g/mol. The number of carbonyl (C=O) groups is 1. The highest BCUT2D eigenvalue weighted by Gasteiger charge is 2.18. The molecule has 0 spiro atoms. The topological polar surface area (TPSA) is 58.6 Å². The molecule has 0 aliphatic rings. The summed E-state index contributed by atoms with van der Waals surface area (Å²) in [5.74, 6) is 0.162. The number of benzene rings is 2. The van der Waals surface area contributed by atoms with Crippen LogP contribution in [-0.4, -0.2) is 24.7 Å². The van der Waals surface area contributed by atoms with Crippen molar-refractivity contribution in [1.82, 2.24) is 5.32 Å². The van der Waals surface area contributed by atoms with Crippen LogP contribution < -0.4 is 10.1 Å². The van der Waals surface area contributed by atoms with Gasteiger partial charge < -0.3 is 15.2 Å². The Bertz CT molecular complexity index is 680. The van der Waals surface area contributed by atoms with Crippen LogP contribution in [0.5, 0.6) is 5.75 Å². The minimum atomic E-state index is -0.729. The molecule has 4 nitrogen and oxygen atoms in total. The van der Waals surface area contributed by atoms with Crippen LogP contribution in [0.2, 0.25) is 0 Å². The highest BCUT2D eigenvalue weighted by molar-refractivity contribution is 5.71. The lowest BCUT2D eigenvalue weighted by Crippen LogP contribution is -2.29. The van der Waals surface area contributed by atoms with Gasteiger partial charge in [-0.15, -0.1) is 0 Å². The number of hydrogen-bond donors (Lipinski definition) is 2. The number of carboxylic acid groups (broad SMARTS) is 1. The van der Waals surface area contributed by atoms with Crippen LogP contribution in [0.25, 0.3) is 11.1 Å².